The van der Waals surface area contributed by atoms with Gasteiger partial charge >= 0.3 is 5.97 Å². The van der Waals surface area contributed by atoms with Gasteiger partial charge in [-0.15, -0.1) is 0 Å². The lowest BCUT2D eigenvalue weighted by atomic mass is 10.1. The molecule has 7 nitrogen and oxygen atoms in total. The molecule has 0 saturated heterocycles. The molecule has 0 aliphatic carbocycles. The molecule has 1 aromatic carbocycles. The minimum Gasteiger partial charge on any atom is -0.459 e. The summed E-state index contributed by atoms with van der Waals surface area (Å²) in [5.41, 5.74) is 0.594. The van der Waals surface area contributed by atoms with E-state index in [1.165, 1.54) is 24.5 Å². The van der Waals surface area contributed by atoms with Crippen molar-refractivity contribution in [2.75, 3.05) is 13.4 Å². The molecule has 0 saturated carbocycles. The van der Waals surface area contributed by atoms with Crippen LogP contribution in [0, 0.1) is 0 Å². The molecule has 128 valence electrons. The standard InChI is InChI=1S/C18H15NO6/c1-2-7-23-18(21)13(19-17(20)15-4-3-8-22-15)9-12-5-6-14-16(10-12)25-11-24-14/h2-6,8-10H,1,7,11H2,(H,19,20). The number of esters is 1. The van der Waals surface area contributed by atoms with Gasteiger partial charge in [-0.2, -0.15) is 0 Å². The molecule has 0 radical (unpaired) electrons. The van der Waals surface area contributed by atoms with E-state index in [4.69, 9.17) is 18.6 Å². The molecule has 0 spiro atoms. The second-order valence-corrected chi connectivity index (χ2v) is 4.99. The van der Waals surface area contributed by atoms with Crippen molar-refractivity contribution in [3.05, 3.63) is 66.3 Å². The highest BCUT2D eigenvalue weighted by molar-refractivity contribution is 6.02. The molecule has 0 unspecified atom stereocenters. The van der Waals surface area contributed by atoms with Gasteiger partial charge in [-0.25, -0.2) is 4.79 Å². The van der Waals surface area contributed by atoms with Crippen molar-refractivity contribution in [1.82, 2.24) is 5.32 Å². The van der Waals surface area contributed by atoms with E-state index >= 15 is 0 Å². The molecule has 3 rings (SSSR count). The van der Waals surface area contributed by atoms with Gasteiger partial charge in [-0.1, -0.05) is 18.7 Å². The number of nitrogens with one attached hydrogen (secondary N) is 1. The van der Waals surface area contributed by atoms with Crippen LogP contribution in [0.1, 0.15) is 16.1 Å². The predicted octanol–water partition coefficient (Wildman–Crippen LogP) is 2.51. The van der Waals surface area contributed by atoms with Gasteiger partial charge < -0.3 is 23.9 Å². The Labute approximate surface area is 143 Å². The number of carbonyl (C=O) groups excluding carboxylic acids is 2. The molecule has 1 aromatic heterocycles. The Morgan fingerprint density at radius 1 is 1.24 bits per heavy atom. The SMILES string of the molecule is C=CCOC(=O)C(=Cc1ccc2c(c1)OCO2)NC(=O)c1ccco1. The monoisotopic (exact) mass is 341 g/mol. The Kier molecular flexibility index (Phi) is 4.84. The highest BCUT2D eigenvalue weighted by Crippen LogP contribution is 2.33. The van der Waals surface area contributed by atoms with Crippen LogP contribution in [0.15, 0.2) is 59.4 Å². The molecule has 1 N–H and O–H groups in total. The molecule has 7 heteroatoms. The first-order chi connectivity index (χ1) is 12.2. The molecule has 0 atom stereocenters. The number of fused-ring (bicyclic) bond motifs is 1. The Hall–Kier alpha value is -3.48. The normalized spacial score (nSPS) is 12.6. The molecule has 1 amide bonds. The summed E-state index contributed by atoms with van der Waals surface area (Å²) in [5.74, 6) is -0.00407. The predicted molar refractivity (Wildman–Crippen MR) is 87.9 cm³/mol. The topological polar surface area (TPSA) is 87.0 Å². The van der Waals surface area contributed by atoms with Crippen molar-refractivity contribution < 1.29 is 28.2 Å². The highest BCUT2D eigenvalue weighted by atomic mass is 16.7. The molecule has 1 aliphatic heterocycles. The van der Waals surface area contributed by atoms with Crippen molar-refractivity contribution in [3.8, 4) is 11.5 Å². The average Bonchev–Trinajstić information content (AvgIpc) is 3.29. The zero-order valence-corrected chi connectivity index (χ0v) is 13.2. The first kappa shape index (κ1) is 16.4. The lowest BCUT2D eigenvalue weighted by Crippen LogP contribution is -2.28. The summed E-state index contributed by atoms with van der Waals surface area (Å²) in [6, 6.07) is 8.21. The smallest absolute Gasteiger partial charge is 0.355 e. The number of carbonyl (C=O) groups is 2. The molecular weight excluding hydrogens is 326 g/mol. The van der Waals surface area contributed by atoms with Crippen LogP contribution < -0.4 is 14.8 Å². The first-order valence-corrected chi connectivity index (χ1v) is 7.41. The van der Waals surface area contributed by atoms with E-state index in [0.29, 0.717) is 17.1 Å². The van der Waals surface area contributed by atoms with Crippen LogP contribution in [-0.4, -0.2) is 25.3 Å². The minimum atomic E-state index is -0.697. The number of ether oxygens (including phenoxy) is 3. The quantitative estimate of drug-likeness (QED) is 0.493. The van der Waals surface area contributed by atoms with Crippen molar-refractivity contribution in [2.45, 2.75) is 0 Å². The van der Waals surface area contributed by atoms with Gasteiger partial charge in [0.1, 0.15) is 12.3 Å². The summed E-state index contributed by atoms with van der Waals surface area (Å²) in [6.07, 6.45) is 4.28. The average molecular weight is 341 g/mol. The van der Waals surface area contributed by atoms with Gasteiger partial charge in [0, 0.05) is 0 Å². The van der Waals surface area contributed by atoms with Crippen LogP contribution >= 0.6 is 0 Å². The van der Waals surface area contributed by atoms with E-state index < -0.39 is 11.9 Å². The third kappa shape index (κ3) is 3.89. The zero-order chi connectivity index (χ0) is 17.6. The Morgan fingerprint density at radius 2 is 2.08 bits per heavy atom. The van der Waals surface area contributed by atoms with E-state index in [-0.39, 0.29) is 24.9 Å². The fraction of sp³-hybridized carbons (Fsp3) is 0.111. The van der Waals surface area contributed by atoms with Crippen molar-refractivity contribution in [2.24, 2.45) is 0 Å². The number of furan rings is 1. The second kappa shape index (κ2) is 7.39. The van der Waals surface area contributed by atoms with E-state index in [9.17, 15) is 9.59 Å². The summed E-state index contributed by atoms with van der Waals surface area (Å²) in [7, 11) is 0. The highest BCUT2D eigenvalue weighted by Gasteiger charge is 2.18. The molecule has 2 heterocycles. The lowest BCUT2D eigenvalue weighted by molar-refractivity contribution is -0.138. The maximum atomic E-state index is 12.2. The third-order valence-electron chi connectivity index (χ3n) is 3.25. The molecule has 1 aliphatic rings. The zero-order valence-electron chi connectivity index (χ0n) is 13.2. The number of benzene rings is 1. The van der Waals surface area contributed by atoms with Crippen molar-refractivity contribution in [1.29, 1.82) is 0 Å². The van der Waals surface area contributed by atoms with Crippen LogP contribution in [0.25, 0.3) is 6.08 Å². The summed E-state index contributed by atoms with van der Waals surface area (Å²) in [4.78, 5) is 24.4. The van der Waals surface area contributed by atoms with Gasteiger partial charge in [0.25, 0.3) is 5.91 Å². The van der Waals surface area contributed by atoms with Crippen LogP contribution in [0.3, 0.4) is 0 Å². The Morgan fingerprint density at radius 3 is 2.84 bits per heavy atom. The van der Waals surface area contributed by atoms with E-state index in [1.54, 1.807) is 24.3 Å². The summed E-state index contributed by atoms with van der Waals surface area (Å²) in [5, 5.41) is 2.49. The Bertz CT molecular complexity index is 822. The minimum absolute atomic E-state index is 0.0218. The summed E-state index contributed by atoms with van der Waals surface area (Å²) >= 11 is 0. The largest absolute Gasteiger partial charge is 0.459 e. The van der Waals surface area contributed by atoms with Crippen LogP contribution in [-0.2, 0) is 9.53 Å². The maximum absolute atomic E-state index is 12.2. The van der Waals surface area contributed by atoms with E-state index in [1.807, 2.05) is 0 Å². The molecule has 2 aromatic rings. The molecular formula is C18H15NO6. The molecule has 0 bridgehead atoms. The lowest BCUT2D eigenvalue weighted by Gasteiger charge is -2.08. The van der Waals surface area contributed by atoms with E-state index in [2.05, 4.69) is 11.9 Å². The fourth-order valence-corrected chi connectivity index (χ4v) is 2.12. The summed E-state index contributed by atoms with van der Waals surface area (Å²) < 4.78 is 20.6. The van der Waals surface area contributed by atoms with Gasteiger partial charge in [0.2, 0.25) is 6.79 Å². The number of rotatable bonds is 6. The van der Waals surface area contributed by atoms with Gasteiger partial charge in [0.05, 0.1) is 6.26 Å². The first-order valence-electron chi connectivity index (χ1n) is 7.41. The fourth-order valence-electron chi connectivity index (χ4n) is 2.12. The Balaban J connectivity index is 1.85. The third-order valence-corrected chi connectivity index (χ3v) is 3.25. The molecule has 25 heavy (non-hydrogen) atoms. The van der Waals surface area contributed by atoms with Crippen LogP contribution in [0.4, 0.5) is 0 Å². The van der Waals surface area contributed by atoms with Gasteiger partial charge in [0.15, 0.2) is 17.3 Å². The number of amides is 1. The van der Waals surface area contributed by atoms with Gasteiger partial charge in [-0.3, -0.25) is 4.79 Å². The van der Waals surface area contributed by atoms with Crippen LogP contribution in [0.2, 0.25) is 0 Å². The number of hydrogen-bond donors (Lipinski definition) is 1. The van der Waals surface area contributed by atoms with Gasteiger partial charge in [-0.05, 0) is 35.9 Å². The maximum Gasteiger partial charge on any atom is 0.355 e. The van der Waals surface area contributed by atoms with Crippen LogP contribution in [0.5, 0.6) is 11.5 Å². The van der Waals surface area contributed by atoms with Crippen molar-refractivity contribution in [3.63, 3.8) is 0 Å². The van der Waals surface area contributed by atoms with E-state index in [0.717, 1.165) is 0 Å². The summed E-state index contributed by atoms with van der Waals surface area (Å²) in [6.45, 7) is 3.65. The number of hydrogen-bond acceptors (Lipinski definition) is 6. The molecule has 0 fully saturated rings. The second-order valence-electron chi connectivity index (χ2n) is 4.99. The van der Waals surface area contributed by atoms with Crippen molar-refractivity contribution >= 4 is 18.0 Å².